The van der Waals surface area contributed by atoms with Gasteiger partial charge >= 0.3 is 5.97 Å². The number of H-pyrrole nitrogens is 1. The Labute approximate surface area is 194 Å². The minimum absolute atomic E-state index is 0.0512. The Balaban J connectivity index is 2.12. The lowest BCUT2D eigenvalue weighted by atomic mass is 10.0. The molecule has 2 rings (SSSR count). The molecule has 0 aliphatic rings. The molecule has 1 aromatic carbocycles. The molecule has 0 fully saturated rings. The molecule has 0 aliphatic carbocycles. The predicted molar refractivity (Wildman–Crippen MR) is 122 cm³/mol. The van der Waals surface area contributed by atoms with E-state index in [1.54, 1.807) is 6.20 Å². The topological polar surface area (TPSA) is 209 Å². The number of carbonyl (C=O) groups excluding carboxylic acids is 4. The number of nitrogens with two attached hydrogens (primary N) is 2. The summed E-state index contributed by atoms with van der Waals surface area (Å²) in [5, 5.41) is 17.1. The average Bonchev–Trinajstić information content (AvgIpc) is 3.17. The fourth-order valence-corrected chi connectivity index (χ4v) is 3.29. The Morgan fingerprint density at radius 3 is 2.39 bits per heavy atom. The average molecular weight is 479 g/mol. The van der Waals surface area contributed by atoms with Crippen LogP contribution >= 0.6 is 12.6 Å². The first-order chi connectivity index (χ1) is 15.6. The molecule has 3 unspecified atom stereocenters. The Kier molecular flexibility index (Phi) is 9.24. The van der Waals surface area contributed by atoms with Crippen LogP contribution in [0.25, 0.3) is 10.9 Å². The van der Waals surface area contributed by atoms with Crippen LogP contribution in [-0.2, 0) is 30.4 Å². The molecular weight excluding hydrogens is 452 g/mol. The number of fused-ring (bicyclic) bond motifs is 1. The van der Waals surface area contributed by atoms with Crippen LogP contribution in [-0.4, -0.2) is 70.1 Å². The van der Waals surface area contributed by atoms with E-state index >= 15 is 0 Å². The molecule has 3 atom stereocenters. The number of carboxylic acid groups (broad SMARTS) is 1. The van der Waals surface area contributed by atoms with E-state index in [0.29, 0.717) is 0 Å². The Morgan fingerprint density at radius 1 is 1.06 bits per heavy atom. The SMILES string of the molecule is NC(=O)CC(N)C(=O)NCC(=O)NC(Cc1c[nH]c2ccccc12)C(=O)NC(CS)C(=O)O. The highest BCUT2D eigenvalue weighted by atomic mass is 32.1. The monoisotopic (exact) mass is 478 g/mol. The number of benzene rings is 1. The van der Waals surface area contributed by atoms with E-state index in [2.05, 4.69) is 33.6 Å². The van der Waals surface area contributed by atoms with Crippen LogP contribution in [0.4, 0.5) is 0 Å². The van der Waals surface area contributed by atoms with Crippen LogP contribution in [0, 0.1) is 0 Å². The summed E-state index contributed by atoms with van der Waals surface area (Å²) in [6.07, 6.45) is 1.35. The number of thiol groups is 1. The number of aliphatic carboxylic acids is 1. The highest BCUT2D eigenvalue weighted by Crippen LogP contribution is 2.19. The molecule has 0 saturated heterocycles. The lowest BCUT2D eigenvalue weighted by molar-refractivity contribution is -0.141. The van der Waals surface area contributed by atoms with Crippen LogP contribution in [0.5, 0.6) is 0 Å². The first-order valence-electron chi connectivity index (χ1n) is 9.92. The van der Waals surface area contributed by atoms with Gasteiger partial charge < -0.3 is 37.5 Å². The predicted octanol–water partition coefficient (Wildman–Crippen LogP) is -1.99. The fourth-order valence-electron chi connectivity index (χ4n) is 3.04. The molecule has 178 valence electrons. The summed E-state index contributed by atoms with van der Waals surface area (Å²) in [7, 11) is 0. The molecule has 2 aromatic rings. The summed E-state index contributed by atoms with van der Waals surface area (Å²) in [6, 6.07) is 3.73. The summed E-state index contributed by atoms with van der Waals surface area (Å²) in [5.41, 5.74) is 12.1. The normalized spacial score (nSPS) is 13.5. The van der Waals surface area contributed by atoms with Crippen molar-refractivity contribution in [3.8, 4) is 0 Å². The minimum Gasteiger partial charge on any atom is -0.480 e. The van der Waals surface area contributed by atoms with Crippen molar-refractivity contribution in [3.63, 3.8) is 0 Å². The molecule has 0 radical (unpaired) electrons. The van der Waals surface area contributed by atoms with Gasteiger partial charge in [-0.25, -0.2) is 4.79 Å². The highest BCUT2D eigenvalue weighted by molar-refractivity contribution is 7.80. The number of rotatable bonds is 12. The van der Waals surface area contributed by atoms with Crippen molar-refractivity contribution in [2.75, 3.05) is 12.3 Å². The van der Waals surface area contributed by atoms with Gasteiger partial charge in [0.25, 0.3) is 0 Å². The third-order valence-electron chi connectivity index (χ3n) is 4.73. The molecule has 1 heterocycles. The first kappa shape index (κ1) is 25.7. The second-order valence-corrected chi connectivity index (χ2v) is 7.63. The largest absolute Gasteiger partial charge is 0.480 e. The number of aromatic nitrogens is 1. The molecule has 33 heavy (non-hydrogen) atoms. The number of nitrogens with one attached hydrogen (secondary N) is 4. The fraction of sp³-hybridized carbons (Fsp3) is 0.350. The van der Waals surface area contributed by atoms with Gasteiger partial charge in [-0.1, -0.05) is 18.2 Å². The van der Waals surface area contributed by atoms with Crippen molar-refractivity contribution in [1.82, 2.24) is 20.9 Å². The molecule has 0 saturated carbocycles. The number of primary amides is 1. The van der Waals surface area contributed by atoms with E-state index in [1.807, 2.05) is 24.3 Å². The molecule has 0 aliphatic heterocycles. The molecule has 12 nitrogen and oxygen atoms in total. The third kappa shape index (κ3) is 7.50. The smallest absolute Gasteiger partial charge is 0.327 e. The van der Waals surface area contributed by atoms with E-state index in [0.717, 1.165) is 16.5 Å². The summed E-state index contributed by atoms with van der Waals surface area (Å²) in [4.78, 5) is 62.3. The number of hydrogen-bond acceptors (Lipinski definition) is 7. The van der Waals surface area contributed by atoms with E-state index in [-0.39, 0.29) is 18.6 Å². The van der Waals surface area contributed by atoms with Crippen LogP contribution in [0.2, 0.25) is 0 Å². The second kappa shape index (κ2) is 11.9. The summed E-state index contributed by atoms with van der Waals surface area (Å²) in [6.45, 7) is -0.516. The molecule has 4 amide bonds. The van der Waals surface area contributed by atoms with Gasteiger partial charge in [-0.15, -0.1) is 0 Å². The maximum absolute atomic E-state index is 12.8. The Morgan fingerprint density at radius 2 is 1.76 bits per heavy atom. The summed E-state index contributed by atoms with van der Waals surface area (Å²) >= 11 is 3.92. The van der Waals surface area contributed by atoms with Gasteiger partial charge in [-0.3, -0.25) is 19.2 Å². The molecule has 9 N–H and O–H groups in total. The van der Waals surface area contributed by atoms with Crippen molar-refractivity contribution in [2.24, 2.45) is 11.5 Å². The van der Waals surface area contributed by atoms with Gasteiger partial charge in [0.1, 0.15) is 12.1 Å². The van der Waals surface area contributed by atoms with E-state index < -0.39 is 54.3 Å². The van der Waals surface area contributed by atoms with Gasteiger partial charge in [-0.2, -0.15) is 12.6 Å². The number of hydrogen-bond donors (Lipinski definition) is 8. The van der Waals surface area contributed by atoms with Crippen LogP contribution in [0.15, 0.2) is 30.5 Å². The lowest BCUT2D eigenvalue weighted by Crippen LogP contribution is -2.55. The molecule has 1 aromatic heterocycles. The van der Waals surface area contributed by atoms with Gasteiger partial charge in [0.2, 0.25) is 23.6 Å². The van der Waals surface area contributed by atoms with Gasteiger partial charge in [-0.05, 0) is 11.6 Å². The maximum atomic E-state index is 12.8. The number of carbonyl (C=O) groups is 5. The zero-order valence-electron chi connectivity index (χ0n) is 17.5. The maximum Gasteiger partial charge on any atom is 0.327 e. The van der Waals surface area contributed by atoms with E-state index in [1.165, 1.54) is 0 Å². The highest BCUT2D eigenvalue weighted by Gasteiger charge is 2.27. The zero-order valence-corrected chi connectivity index (χ0v) is 18.4. The number of aromatic amines is 1. The summed E-state index contributed by atoms with van der Waals surface area (Å²) in [5.74, 6) is -4.40. The van der Waals surface area contributed by atoms with E-state index in [9.17, 15) is 29.1 Å². The number of carboxylic acids is 1. The lowest BCUT2D eigenvalue weighted by Gasteiger charge is -2.21. The zero-order chi connectivity index (χ0) is 24.5. The van der Waals surface area contributed by atoms with Crippen LogP contribution < -0.4 is 27.4 Å². The van der Waals surface area contributed by atoms with Gasteiger partial charge in [0.15, 0.2) is 0 Å². The third-order valence-corrected chi connectivity index (χ3v) is 5.09. The summed E-state index contributed by atoms with van der Waals surface area (Å²) < 4.78 is 0. The first-order valence-corrected chi connectivity index (χ1v) is 10.6. The molecule has 0 bridgehead atoms. The van der Waals surface area contributed by atoms with E-state index in [4.69, 9.17) is 11.5 Å². The Bertz CT molecular complexity index is 1040. The minimum atomic E-state index is -1.27. The van der Waals surface area contributed by atoms with Crippen LogP contribution in [0.3, 0.4) is 0 Å². The molecule has 13 heteroatoms. The van der Waals surface area contributed by atoms with Crippen molar-refractivity contribution < 1.29 is 29.1 Å². The van der Waals surface area contributed by atoms with Crippen LogP contribution in [0.1, 0.15) is 12.0 Å². The Hall–Kier alpha value is -3.58. The van der Waals surface area contributed by atoms with Crippen molar-refractivity contribution in [1.29, 1.82) is 0 Å². The number of para-hydroxylation sites is 1. The standard InChI is InChI=1S/C20H26N6O6S/c21-12(6-16(22)27)18(29)24-8-17(28)25-14(19(30)26-15(9-33)20(31)32)5-10-7-23-13-4-2-1-3-11(10)13/h1-4,7,12,14-15,23,33H,5-6,8-9,21H2,(H2,22,27)(H,24,29)(H,25,28)(H,26,30)(H,31,32). The second-order valence-electron chi connectivity index (χ2n) is 7.26. The van der Waals surface area contributed by atoms with Crippen molar-refractivity contribution in [2.45, 2.75) is 31.0 Å². The van der Waals surface area contributed by atoms with Crippen molar-refractivity contribution >= 4 is 53.1 Å². The molecular formula is C20H26N6O6S. The molecule has 0 spiro atoms. The quantitative estimate of drug-likeness (QED) is 0.161. The number of amides is 4. The van der Waals surface area contributed by atoms with Gasteiger partial charge in [0.05, 0.1) is 19.0 Å². The van der Waals surface area contributed by atoms with Gasteiger partial charge in [0, 0.05) is 29.3 Å². The van der Waals surface area contributed by atoms with Crippen molar-refractivity contribution in [3.05, 3.63) is 36.0 Å².